The van der Waals surface area contributed by atoms with E-state index in [2.05, 4.69) is 39.5 Å². The van der Waals surface area contributed by atoms with Crippen LogP contribution in [0.25, 0.3) is 0 Å². The Hall–Kier alpha value is -1.63. The molecule has 1 aromatic rings. The van der Waals surface area contributed by atoms with Gasteiger partial charge in [-0.15, -0.1) is 0 Å². The summed E-state index contributed by atoms with van der Waals surface area (Å²) in [6, 6.07) is 0.266. The van der Waals surface area contributed by atoms with Crippen molar-refractivity contribution in [2.75, 3.05) is 23.9 Å². The van der Waals surface area contributed by atoms with Gasteiger partial charge in [0.2, 0.25) is 11.9 Å². The van der Waals surface area contributed by atoms with E-state index in [4.69, 9.17) is 10.6 Å². The van der Waals surface area contributed by atoms with Gasteiger partial charge in [0, 0.05) is 6.54 Å². The van der Waals surface area contributed by atoms with Crippen molar-refractivity contribution in [2.45, 2.75) is 27.2 Å². The molecule has 0 aliphatic rings. The number of hydrazine groups is 1. The first kappa shape index (κ1) is 13.4. The fourth-order valence-electron chi connectivity index (χ4n) is 1.17. The molecule has 1 heterocycles. The van der Waals surface area contributed by atoms with E-state index in [-0.39, 0.29) is 12.0 Å². The summed E-state index contributed by atoms with van der Waals surface area (Å²) in [4.78, 5) is 12.2. The molecule has 0 fully saturated rings. The van der Waals surface area contributed by atoms with Crippen LogP contribution in [0.5, 0.6) is 6.01 Å². The van der Waals surface area contributed by atoms with Crippen LogP contribution < -0.4 is 21.3 Å². The van der Waals surface area contributed by atoms with Gasteiger partial charge in [0.1, 0.15) is 0 Å². The normalized spacial score (nSPS) is 10.4. The summed E-state index contributed by atoms with van der Waals surface area (Å²) in [5.41, 5.74) is 2.38. The molecule has 0 atom stereocenters. The van der Waals surface area contributed by atoms with Crippen LogP contribution in [-0.2, 0) is 0 Å². The quantitative estimate of drug-likeness (QED) is 0.483. The maximum absolute atomic E-state index is 5.27. The molecule has 0 aliphatic carbocycles. The first-order valence-corrected chi connectivity index (χ1v) is 5.75. The molecule has 17 heavy (non-hydrogen) atoms. The average Bonchev–Trinajstić information content (AvgIpc) is 2.28. The number of hydrogen-bond acceptors (Lipinski definition) is 7. The molecule has 1 rings (SSSR count). The largest absolute Gasteiger partial charge is 0.464 e. The Kier molecular flexibility index (Phi) is 5.41. The number of ether oxygens (including phenoxy) is 1. The van der Waals surface area contributed by atoms with Crippen LogP contribution >= 0.6 is 0 Å². The van der Waals surface area contributed by atoms with Gasteiger partial charge in [0.25, 0.3) is 0 Å². The minimum Gasteiger partial charge on any atom is -0.464 e. The van der Waals surface area contributed by atoms with Gasteiger partial charge in [0.05, 0.1) is 6.61 Å². The first-order valence-electron chi connectivity index (χ1n) is 5.75. The molecule has 0 radical (unpaired) electrons. The molecule has 0 unspecified atom stereocenters. The number of anilines is 2. The zero-order chi connectivity index (χ0) is 12.7. The topological polar surface area (TPSA) is 98.0 Å². The number of nitrogens with one attached hydrogen (secondary N) is 2. The number of hydrogen-bond donors (Lipinski definition) is 3. The fourth-order valence-corrected chi connectivity index (χ4v) is 1.17. The molecule has 96 valence electrons. The van der Waals surface area contributed by atoms with E-state index in [1.54, 1.807) is 0 Å². The third kappa shape index (κ3) is 4.81. The highest BCUT2D eigenvalue weighted by atomic mass is 16.5. The number of nitrogen functional groups attached to an aromatic ring is 1. The van der Waals surface area contributed by atoms with Crippen LogP contribution in [0.15, 0.2) is 0 Å². The first-order chi connectivity index (χ1) is 8.15. The molecule has 0 bridgehead atoms. The number of aromatic nitrogens is 3. The Morgan fingerprint density at radius 3 is 2.53 bits per heavy atom. The Balaban J connectivity index is 2.66. The average molecular weight is 240 g/mol. The highest BCUT2D eigenvalue weighted by Crippen LogP contribution is 2.10. The van der Waals surface area contributed by atoms with Crippen molar-refractivity contribution in [1.82, 2.24) is 15.0 Å². The summed E-state index contributed by atoms with van der Waals surface area (Å²) >= 11 is 0. The number of nitrogens with two attached hydrogens (primary N) is 1. The summed E-state index contributed by atoms with van der Waals surface area (Å²) < 4.78 is 5.22. The van der Waals surface area contributed by atoms with Gasteiger partial charge in [-0.3, -0.25) is 5.43 Å². The SMILES string of the molecule is CCOc1nc(NN)nc(NCCC(C)C)n1. The highest BCUT2D eigenvalue weighted by Gasteiger charge is 2.06. The molecular formula is C10H20N6O. The zero-order valence-corrected chi connectivity index (χ0v) is 10.5. The lowest BCUT2D eigenvalue weighted by atomic mass is 10.1. The molecule has 1 aromatic heterocycles. The van der Waals surface area contributed by atoms with Gasteiger partial charge in [-0.25, -0.2) is 5.84 Å². The summed E-state index contributed by atoms with van der Waals surface area (Å²) in [7, 11) is 0. The van der Waals surface area contributed by atoms with Crippen LogP contribution in [-0.4, -0.2) is 28.1 Å². The summed E-state index contributed by atoms with van der Waals surface area (Å²) in [5, 5.41) is 3.11. The molecule has 4 N–H and O–H groups in total. The lowest BCUT2D eigenvalue weighted by molar-refractivity contribution is 0.312. The minimum absolute atomic E-state index is 0.266. The van der Waals surface area contributed by atoms with E-state index < -0.39 is 0 Å². The smallest absolute Gasteiger partial charge is 0.323 e. The van der Waals surface area contributed by atoms with Crippen LogP contribution in [0.2, 0.25) is 0 Å². The van der Waals surface area contributed by atoms with E-state index >= 15 is 0 Å². The molecule has 0 aromatic carbocycles. The van der Waals surface area contributed by atoms with Crippen molar-refractivity contribution in [3.63, 3.8) is 0 Å². The van der Waals surface area contributed by atoms with Crippen LogP contribution in [0, 0.1) is 5.92 Å². The summed E-state index contributed by atoms with van der Waals surface area (Å²) in [6.45, 7) is 7.49. The van der Waals surface area contributed by atoms with Crippen LogP contribution in [0.4, 0.5) is 11.9 Å². The maximum atomic E-state index is 5.27. The molecule has 0 saturated heterocycles. The molecule has 7 heteroatoms. The van der Waals surface area contributed by atoms with Crippen molar-refractivity contribution in [2.24, 2.45) is 11.8 Å². The van der Waals surface area contributed by atoms with Crippen molar-refractivity contribution in [3.8, 4) is 6.01 Å². The number of nitrogens with zero attached hydrogens (tertiary/aromatic N) is 3. The van der Waals surface area contributed by atoms with Gasteiger partial charge < -0.3 is 10.1 Å². The predicted octanol–water partition coefficient (Wildman–Crippen LogP) is 1.01. The van der Waals surface area contributed by atoms with Crippen molar-refractivity contribution < 1.29 is 4.74 Å². The molecule has 7 nitrogen and oxygen atoms in total. The number of rotatable bonds is 7. The van der Waals surface area contributed by atoms with Crippen molar-refractivity contribution in [3.05, 3.63) is 0 Å². The van der Waals surface area contributed by atoms with Crippen molar-refractivity contribution >= 4 is 11.9 Å². The molecular weight excluding hydrogens is 220 g/mol. The maximum Gasteiger partial charge on any atom is 0.323 e. The van der Waals surface area contributed by atoms with E-state index in [0.717, 1.165) is 13.0 Å². The third-order valence-electron chi connectivity index (χ3n) is 2.02. The summed E-state index contributed by atoms with van der Waals surface area (Å²) in [5.74, 6) is 6.66. The lowest BCUT2D eigenvalue weighted by Crippen LogP contribution is -2.15. The van der Waals surface area contributed by atoms with Gasteiger partial charge in [-0.05, 0) is 19.3 Å². The molecule has 0 aliphatic heterocycles. The van der Waals surface area contributed by atoms with E-state index in [0.29, 0.717) is 18.5 Å². The Morgan fingerprint density at radius 2 is 1.94 bits per heavy atom. The Morgan fingerprint density at radius 1 is 1.24 bits per heavy atom. The molecule has 0 amide bonds. The monoisotopic (exact) mass is 240 g/mol. The van der Waals surface area contributed by atoms with Gasteiger partial charge in [0.15, 0.2) is 0 Å². The van der Waals surface area contributed by atoms with Gasteiger partial charge >= 0.3 is 6.01 Å². The minimum atomic E-state index is 0.266. The van der Waals surface area contributed by atoms with Gasteiger partial charge in [-0.1, -0.05) is 13.8 Å². The second-order valence-corrected chi connectivity index (χ2v) is 3.95. The van der Waals surface area contributed by atoms with Crippen LogP contribution in [0.3, 0.4) is 0 Å². The third-order valence-corrected chi connectivity index (χ3v) is 2.02. The Labute approximate surface area is 101 Å². The highest BCUT2D eigenvalue weighted by molar-refractivity contribution is 5.34. The lowest BCUT2D eigenvalue weighted by Gasteiger charge is -2.09. The predicted molar refractivity (Wildman–Crippen MR) is 66.8 cm³/mol. The zero-order valence-electron chi connectivity index (χ0n) is 10.5. The second kappa shape index (κ2) is 6.85. The molecule has 0 saturated carbocycles. The van der Waals surface area contributed by atoms with Crippen LogP contribution in [0.1, 0.15) is 27.2 Å². The van der Waals surface area contributed by atoms with E-state index in [1.807, 2.05) is 6.92 Å². The van der Waals surface area contributed by atoms with Crippen molar-refractivity contribution in [1.29, 1.82) is 0 Å². The summed E-state index contributed by atoms with van der Waals surface area (Å²) in [6.07, 6.45) is 1.04. The standard InChI is InChI=1S/C10H20N6O/c1-4-17-10-14-8(12-6-5-7(2)3)13-9(15-10)16-11/h7H,4-6,11H2,1-3H3,(H2,12,13,14,15,16). The second-order valence-electron chi connectivity index (χ2n) is 3.95. The van der Waals surface area contributed by atoms with E-state index in [1.165, 1.54) is 0 Å². The Bertz CT molecular complexity index is 344. The van der Waals surface area contributed by atoms with E-state index in [9.17, 15) is 0 Å². The molecule has 0 spiro atoms. The van der Waals surface area contributed by atoms with Gasteiger partial charge in [-0.2, -0.15) is 15.0 Å². The fraction of sp³-hybridized carbons (Fsp3) is 0.700.